The lowest BCUT2D eigenvalue weighted by atomic mass is 9.91. The summed E-state index contributed by atoms with van der Waals surface area (Å²) in [4.78, 5) is 5.86. The molecular formula is C17H17N4O2+. The fourth-order valence-corrected chi connectivity index (χ4v) is 3.29. The first-order chi connectivity index (χ1) is 11.2. The van der Waals surface area contributed by atoms with Gasteiger partial charge in [0.05, 0.1) is 19.3 Å². The zero-order valence-electron chi connectivity index (χ0n) is 12.8. The monoisotopic (exact) mass is 309 g/mol. The number of aromatic nitrogens is 1. The molecule has 0 fully saturated rings. The number of pyridine rings is 1. The minimum Gasteiger partial charge on any atom is -0.454 e. The van der Waals surface area contributed by atoms with Gasteiger partial charge in [0.2, 0.25) is 6.79 Å². The lowest BCUT2D eigenvalue weighted by Gasteiger charge is -2.25. The number of quaternary nitrogens is 1. The highest BCUT2D eigenvalue weighted by Crippen LogP contribution is 2.39. The Balaban J connectivity index is 1.96. The summed E-state index contributed by atoms with van der Waals surface area (Å²) in [5.74, 6) is 1.73. The van der Waals surface area contributed by atoms with Gasteiger partial charge in [0.25, 0.3) is 0 Å². The highest BCUT2D eigenvalue weighted by Gasteiger charge is 2.27. The Morgan fingerprint density at radius 3 is 2.96 bits per heavy atom. The number of rotatable bonds is 1. The molecular weight excluding hydrogens is 292 g/mol. The third-order valence-electron chi connectivity index (χ3n) is 4.45. The SMILES string of the molecule is C[NH+]1CCc2nc(N)c(C#N)c(-c3ccc4c(c3)OCO4)c2C1. The number of nitrogens with two attached hydrogens (primary N) is 1. The Hall–Kier alpha value is -2.78. The normalized spacial score (nSPS) is 18.3. The van der Waals surface area contributed by atoms with Gasteiger partial charge in [-0.15, -0.1) is 0 Å². The molecule has 1 aromatic carbocycles. The van der Waals surface area contributed by atoms with E-state index in [4.69, 9.17) is 15.2 Å². The molecule has 4 rings (SSSR count). The van der Waals surface area contributed by atoms with Crippen molar-refractivity contribution in [3.05, 3.63) is 35.0 Å². The average Bonchev–Trinajstić information content (AvgIpc) is 3.01. The summed E-state index contributed by atoms with van der Waals surface area (Å²) >= 11 is 0. The van der Waals surface area contributed by atoms with Crippen molar-refractivity contribution in [3.63, 3.8) is 0 Å². The van der Waals surface area contributed by atoms with Crippen LogP contribution >= 0.6 is 0 Å². The number of nitriles is 1. The maximum absolute atomic E-state index is 9.59. The molecule has 116 valence electrons. The summed E-state index contributed by atoms with van der Waals surface area (Å²) in [6.45, 7) is 2.08. The quantitative estimate of drug-likeness (QED) is 0.801. The van der Waals surface area contributed by atoms with E-state index in [1.807, 2.05) is 18.2 Å². The molecule has 0 spiro atoms. The van der Waals surface area contributed by atoms with Crippen molar-refractivity contribution in [2.45, 2.75) is 13.0 Å². The number of anilines is 1. The van der Waals surface area contributed by atoms with Crippen LogP contribution in [0.3, 0.4) is 0 Å². The molecule has 0 bridgehead atoms. The van der Waals surface area contributed by atoms with Crippen LogP contribution < -0.4 is 20.1 Å². The third kappa shape index (κ3) is 2.17. The Bertz CT molecular complexity index is 841. The van der Waals surface area contributed by atoms with Crippen LogP contribution in [0.4, 0.5) is 5.82 Å². The van der Waals surface area contributed by atoms with Crippen molar-refractivity contribution >= 4 is 5.82 Å². The Morgan fingerprint density at radius 2 is 2.13 bits per heavy atom. The maximum atomic E-state index is 9.59. The molecule has 1 unspecified atom stereocenters. The molecule has 2 aromatic rings. The fourth-order valence-electron chi connectivity index (χ4n) is 3.29. The number of likely N-dealkylation sites (N-methyl/N-ethyl adjacent to an activating group) is 1. The summed E-state index contributed by atoms with van der Waals surface area (Å²) in [5, 5.41) is 9.59. The second-order valence-electron chi connectivity index (χ2n) is 5.99. The van der Waals surface area contributed by atoms with Crippen molar-refractivity contribution in [2.24, 2.45) is 0 Å². The van der Waals surface area contributed by atoms with E-state index in [-0.39, 0.29) is 6.79 Å². The maximum Gasteiger partial charge on any atom is 0.231 e. The number of ether oxygens (including phenoxy) is 2. The van der Waals surface area contributed by atoms with Crippen molar-refractivity contribution in [2.75, 3.05) is 26.1 Å². The van der Waals surface area contributed by atoms with E-state index in [1.165, 1.54) is 4.90 Å². The minimum atomic E-state index is 0.230. The van der Waals surface area contributed by atoms with Gasteiger partial charge in [0.1, 0.15) is 24.0 Å². The van der Waals surface area contributed by atoms with E-state index >= 15 is 0 Å². The molecule has 2 aliphatic rings. The molecule has 6 nitrogen and oxygen atoms in total. The van der Waals surface area contributed by atoms with Crippen LogP contribution in [0.15, 0.2) is 18.2 Å². The number of hydrogen-bond acceptors (Lipinski definition) is 5. The molecule has 0 saturated carbocycles. The predicted octanol–water partition coefficient (Wildman–Crippen LogP) is 0.502. The van der Waals surface area contributed by atoms with Crippen molar-refractivity contribution < 1.29 is 14.4 Å². The summed E-state index contributed by atoms with van der Waals surface area (Å²) < 4.78 is 10.8. The molecule has 2 aliphatic heterocycles. The molecule has 6 heteroatoms. The van der Waals surface area contributed by atoms with Crippen molar-refractivity contribution in [1.82, 2.24) is 4.98 Å². The number of hydrogen-bond donors (Lipinski definition) is 2. The largest absolute Gasteiger partial charge is 0.454 e. The molecule has 1 atom stereocenters. The Kier molecular flexibility index (Phi) is 3.10. The number of fused-ring (bicyclic) bond motifs is 2. The molecule has 3 N–H and O–H groups in total. The fraction of sp³-hybridized carbons (Fsp3) is 0.294. The molecule has 0 saturated heterocycles. The molecule has 3 heterocycles. The van der Waals surface area contributed by atoms with E-state index in [1.54, 1.807) is 0 Å². The molecule has 0 radical (unpaired) electrons. The first kappa shape index (κ1) is 13.9. The van der Waals surface area contributed by atoms with Gasteiger partial charge < -0.3 is 20.1 Å². The third-order valence-corrected chi connectivity index (χ3v) is 4.45. The summed E-state index contributed by atoms with van der Waals surface area (Å²) in [6.07, 6.45) is 0.870. The first-order valence-corrected chi connectivity index (χ1v) is 7.60. The van der Waals surface area contributed by atoms with Crippen molar-refractivity contribution in [1.29, 1.82) is 5.26 Å². The van der Waals surface area contributed by atoms with E-state index in [0.29, 0.717) is 17.1 Å². The van der Waals surface area contributed by atoms with Crippen LogP contribution in [0.5, 0.6) is 11.5 Å². The highest BCUT2D eigenvalue weighted by atomic mass is 16.7. The topological polar surface area (TPSA) is 85.6 Å². The zero-order chi connectivity index (χ0) is 16.0. The van der Waals surface area contributed by atoms with Gasteiger partial charge in [-0.05, 0) is 17.7 Å². The van der Waals surface area contributed by atoms with Gasteiger partial charge in [-0.3, -0.25) is 0 Å². The summed E-state index contributed by atoms with van der Waals surface area (Å²) in [7, 11) is 2.15. The number of nitrogen functional groups attached to an aromatic ring is 1. The van der Waals surface area contributed by atoms with Crippen LogP contribution in [-0.2, 0) is 13.0 Å². The Morgan fingerprint density at radius 1 is 1.30 bits per heavy atom. The molecule has 0 aliphatic carbocycles. The number of nitrogens with zero attached hydrogens (tertiary/aromatic N) is 2. The van der Waals surface area contributed by atoms with Crippen LogP contribution in [-0.4, -0.2) is 25.4 Å². The number of nitrogens with one attached hydrogen (secondary N) is 1. The second-order valence-corrected chi connectivity index (χ2v) is 5.99. The standard InChI is InChI=1S/C17H16N4O2/c1-21-5-4-13-12(8-21)16(11(7-18)17(19)20-13)10-2-3-14-15(6-10)23-9-22-14/h2-3,6H,4-5,8-9H2,1H3,(H2,19,20)/p+1. The van der Waals surface area contributed by atoms with Gasteiger partial charge in [-0.1, -0.05) is 6.07 Å². The second kappa shape index (κ2) is 5.14. The van der Waals surface area contributed by atoms with Gasteiger partial charge in [0.15, 0.2) is 11.5 Å². The van der Waals surface area contributed by atoms with E-state index in [2.05, 4.69) is 18.1 Å². The van der Waals surface area contributed by atoms with Gasteiger partial charge in [0, 0.05) is 17.5 Å². The smallest absolute Gasteiger partial charge is 0.231 e. The number of benzene rings is 1. The van der Waals surface area contributed by atoms with Gasteiger partial charge >= 0.3 is 0 Å². The average molecular weight is 309 g/mol. The zero-order valence-corrected chi connectivity index (χ0v) is 12.8. The van der Waals surface area contributed by atoms with Crippen LogP contribution in [0, 0.1) is 11.3 Å². The minimum absolute atomic E-state index is 0.230. The summed E-state index contributed by atoms with van der Waals surface area (Å²) in [5.41, 5.74) is 10.4. The highest BCUT2D eigenvalue weighted by molar-refractivity contribution is 5.80. The first-order valence-electron chi connectivity index (χ1n) is 7.60. The van der Waals surface area contributed by atoms with E-state index in [9.17, 15) is 5.26 Å². The molecule has 1 aromatic heterocycles. The van der Waals surface area contributed by atoms with Crippen LogP contribution in [0.2, 0.25) is 0 Å². The summed E-state index contributed by atoms with van der Waals surface area (Å²) in [6, 6.07) is 7.97. The molecule has 23 heavy (non-hydrogen) atoms. The Labute approximate surface area is 134 Å². The predicted molar refractivity (Wildman–Crippen MR) is 84.1 cm³/mol. The van der Waals surface area contributed by atoms with Crippen LogP contribution in [0.25, 0.3) is 11.1 Å². The van der Waals surface area contributed by atoms with Gasteiger partial charge in [-0.2, -0.15) is 5.26 Å². The van der Waals surface area contributed by atoms with Crippen molar-refractivity contribution in [3.8, 4) is 28.7 Å². The van der Waals surface area contributed by atoms with Crippen LogP contribution in [0.1, 0.15) is 16.8 Å². The molecule has 0 amide bonds. The lowest BCUT2D eigenvalue weighted by Crippen LogP contribution is -3.08. The van der Waals surface area contributed by atoms with E-state index in [0.717, 1.165) is 47.6 Å². The van der Waals surface area contributed by atoms with E-state index < -0.39 is 0 Å². The van der Waals surface area contributed by atoms with Gasteiger partial charge in [-0.25, -0.2) is 4.98 Å². The lowest BCUT2D eigenvalue weighted by molar-refractivity contribution is -0.895.